The first-order chi connectivity index (χ1) is 13.1. The zero-order valence-corrected chi connectivity index (χ0v) is 15.9. The predicted octanol–water partition coefficient (Wildman–Crippen LogP) is 4.04. The van der Waals surface area contributed by atoms with Crippen LogP contribution in [0, 0.1) is 13.8 Å². The molecule has 0 fully saturated rings. The summed E-state index contributed by atoms with van der Waals surface area (Å²) in [5.74, 6) is 1.11. The Kier molecular flexibility index (Phi) is 4.72. The number of rotatable bonds is 2. The molecule has 8 heteroatoms. The molecule has 1 N–H and O–H groups in total. The molecule has 0 saturated heterocycles. The Morgan fingerprint density at radius 3 is 2.81 bits per heavy atom. The Bertz CT molecular complexity index is 970. The molecule has 4 heterocycles. The Morgan fingerprint density at radius 2 is 2.07 bits per heavy atom. The van der Waals surface area contributed by atoms with Crippen LogP contribution in [-0.4, -0.2) is 34.1 Å². The molecule has 7 nitrogen and oxygen atoms in total. The van der Waals surface area contributed by atoms with Crippen molar-refractivity contribution in [2.24, 2.45) is 0 Å². The lowest BCUT2D eigenvalue weighted by molar-refractivity contribution is 0.256. The number of urea groups is 1. The van der Waals surface area contributed by atoms with Crippen molar-refractivity contribution in [1.82, 2.24) is 15.0 Å². The molecule has 1 aliphatic heterocycles. The van der Waals surface area contributed by atoms with Gasteiger partial charge in [-0.3, -0.25) is 15.2 Å². The van der Waals surface area contributed by atoms with Crippen LogP contribution >= 0.6 is 11.3 Å². The van der Waals surface area contributed by atoms with Crippen LogP contribution in [0.3, 0.4) is 0 Å². The molecule has 0 spiro atoms. The lowest BCUT2D eigenvalue weighted by Crippen LogP contribution is -2.36. The molecule has 4 rings (SSSR count). The SMILES string of the molecule is Cc1ccc(-c2ccc3c(n2)N(C(=O)Nc2nc(C)cs2)CCCO3)cn1. The van der Waals surface area contributed by atoms with E-state index < -0.39 is 0 Å². The van der Waals surface area contributed by atoms with Gasteiger partial charge in [-0.1, -0.05) is 0 Å². The maximum Gasteiger partial charge on any atom is 0.329 e. The van der Waals surface area contributed by atoms with Gasteiger partial charge in [-0.25, -0.2) is 14.8 Å². The largest absolute Gasteiger partial charge is 0.490 e. The van der Waals surface area contributed by atoms with Crippen molar-refractivity contribution >= 4 is 28.3 Å². The highest BCUT2D eigenvalue weighted by Gasteiger charge is 2.25. The fourth-order valence-electron chi connectivity index (χ4n) is 2.80. The van der Waals surface area contributed by atoms with E-state index in [4.69, 9.17) is 9.72 Å². The average Bonchev–Trinajstić information content (AvgIpc) is 2.95. The zero-order valence-electron chi connectivity index (χ0n) is 15.1. The summed E-state index contributed by atoms with van der Waals surface area (Å²) in [5, 5.41) is 5.33. The summed E-state index contributed by atoms with van der Waals surface area (Å²) in [6.07, 6.45) is 2.51. The van der Waals surface area contributed by atoms with Crippen molar-refractivity contribution in [1.29, 1.82) is 0 Å². The third kappa shape index (κ3) is 3.75. The molecule has 0 unspecified atom stereocenters. The normalized spacial score (nSPS) is 13.5. The van der Waals surface area contributed by atoms with Crippen molar-refractivity contribution in [3.8, 4) is 17.0 Å². The smallest absolute Gasteiger partial charge is 0.329 e. The number of pyridine rings is 2. The number of carbonyl (C=O) groups excluding carboxylic acids is 1. The molecule has 0 atom stereocenters. The predicted molar refractivity (Wildman–Crippen MR) is 106 cm³/mol. The summed E-state index contributed by atoms with van der Waals surface area (Å²) in [6, 6.07) is 7.39. The molecule has 3 aromatic heterocycles. The van der Waals surface area contributed by atoms with Crippen LogP contribution in [0.2, 0.25) is 0 Å². The Hall–Kier alpha value is -3.00. The molecule has 138 valence electrons. The lowest BCUT2D eigenvalue weighted by Gasteiger charge is -2.21. The fourth-order valence-corrected chi connectivity index (χ4v) is 3.48. The Balaban J connectivity index is 1.67. The van der Waals surface area contributed by atoms with Crippen LogP contribution < -0.4 is 15.0 Å². The standard InChI is InChI=1S/C19H19N5O2S/c1-12-4-5-14(10-20-12)15-6-7-16-17(22-15)24(8-3-9-26-16)19(25)23-18-21-13(2)11-27-18/h4-7,10-11H,3,8-9H2,1-2H3,(H,21,23,25). The van der Waals surface area contributed by atoms with Crippen molar-refractivity contribution < 1.29 is 9.53 Å². The highest BCUT2D eigenvalue weighted by molar-refractivity contribution is 7.13. The van der Waals surface area contributed by atoms with E-state index in [1.165, 1.54) is 11.3 Å². The monoisotopic (exact) mass is 381 g/mol. The second kappa shape index (κ2) is 7.32. The van der Waals surface area contributed by atoms with Gasteiger partial charge in [0.2, 0.25) is 0 Å². The maximum atomic E-state index is 12.9. The van der Waals surface area contributed by atoms with Crippen molar-refractivity contribution in [2.45, 2.75) is 20.3 Å². The number of nitrogens with one attached hydrogen (secondary N) is 1. The lowest BCUT2D eigenvalue weighted by atomic mass is 10.1. The third-order valence-corrected chi connectivity index (χ3v) is 5.04. The second-order valence-corrected chi connectivity index (χ2v) is 7.14. The van der Waals surface area contributed by atoms with Gasteiger partial charge < -0.3 is 4.74 Å². The molecule has 0 radical (unpaired) electrons. The number of hydrogen-bond donors (Lipinski definition) is 1. The minimum absolute atomic E-state index is 0.261. The third-order valence-electron chi connectivity index (χ3n) is 4.16. The highest BCUT2D eigenvalue weighted by Crippen LogP contribution is 2.32. The van der Waals surface area contributed by atoms with Crippen LogP contribution in [0.1, 0.15) is 17.8 Å². The Morgan fingerprint density at radius 1 is 1.19 bits per heavy atom. The van der Waals surface area contributed by atoms with E-state index in [0.717, 1.165) is 29.1 Å². The van der Waals surface area contributed by atoms with Gasteiger partial charge in [0, 0.05) is 29.4 Å². The highest BCUT2D eigenvalue weighted by atomic mass is 32.1. The molecule has 27 heavy (non-hydrogen) atoms. The second-order valence-electron chi connectivity index (χ2n) is 6.28. The van der Waals surface area contributed by atoms with Crippen LogP contribution in [0.5, 0.6) is 5.75 Å². The van der Waals surface area contributed by atoms with E-state index in [-0.39, 0.29) is 6.03 Å². The van der Waals surface area contributed by atoms with Gasteiger partial charge >= 0.3 is 6.03 Å². The van der Waals surface area contributed by atoms with Gasteiger partial charge in [-0.15, -0.1) is 11.3 Å². The molecular weight excluding hydrogens is 362 g/mol. The molecule has 2 amide bonds. The summed E-state index contributed by atoms with van der Waals surface area (Å²) in [5.41, 5.74) is 3.46. The number of nitrogens with zero attached hydrogens (tertiary/aromatic N) is 4. The molecule has 0 saturated carbocycles. The number of carbonyl (C=O) groups is 1. The van der Waals surface area contributed by atoms with Crippen molar-refractivity contribution in [2.75, 3.05) is 23.4 Å². The van der Waals surface area contributed by atoms with Crippen molar-refractivity contribution in [3.05, 3.63) is 47.2 Å². The summed E-state index contributed by atoms with van der Waals surface area (Å²) >= 11 is 1.40. The maximum absolute atomic E-state index is 12.9. The number of amides is 2. The molecule has 0 bridgehead atoms. The first kappa shape index (κ1) is 17.4. The number of aromatic nitrogens is 3. The molecule has 0 aliphatic carbocycles. The van der Waals surface area contributed by atoms with Gasteiger partial charge in [0.1, 0.15) is 0 Å². The van der Waals surface area contributed by atoms with Gasteiger partial charge in [-0.2, -0.15) is 0 Å². The van der Waals surface area contributed by atoms with E-state index in [2.05, 4.69) is 15.3 Å². The number of hydrogen-bond acceptors (Lipinski definition) is 6. The molecule has 1 aliphatic rings. The zero-order chi connectivity index (χ0) is 18.8. The minimum atomic E-state index is -0.261. The summed E-state index contributed by atoms with van der Waals surface area (Å²) < 4.78 is 5.78. The first-order valence-corrected chi connectivity index (χ1v) is 9.55. The Labute approximate surface area is 161 Å². The van der Waals surface area contributed by atoms with Gasteiger partial charge in [0.05, 0.1) is 18.0 Å². The van der Waals surface area contributed by atoms with E-state index in [9.17, 15) is 4.79 Å². The fraction of sp³-hybridized carbons (Fsp3) is 0.263. The quantitative estimate of drug-likeness (QED) is 0.725. The van der Waals surface area contributed by atoms with Crippen LogP contribution in [0.4, 0.5) is 15.7 Å². The number of fused-ring (bicyclic) bond motifs is 1. The number of anilines is 2. The number of aryl methyl sites for hydroxylation is 2. The van der Waals surface area contributed by atoms with Crippen LogP contribution in [0.25, 0.3) is 11.3 Å². The molecular formula is C19H19N5O2S. The summed E-state index contributed by atoms with van der Waals surface area (Å²) in [7, 11) is 0. The average molecular weight is 381 g/mol. The van der Waals surface area contributed by atoms with Gasteiger partial charge in [0.25, 0.3) is 0 Å². The van der Waals surface area contributed by atoms with E-state index in [1.54, 1.807) is 11.1 Å². The van der Waals surface area contributed by atoms with E-state index in [1.807, 2.05) is 43.5 Å². The number of ether oxygens (including phenoxy) is 1. The topological polar surface area (TPSA) is 80.2 Å². The van der Waals surface area contributed by atoms with E-state index >= 15 is 0 Å². The van der Waals surface area contributed by atoms with Crippen LogP contribution in [-0.2, 0) is 0 Å². The molecule has 3 aromatic rings. The van der Waals surface area contributed by atoms with Crippen LogP contribution in [0.15, 0.2) is 35.8 Å². The molecule has 0 aromatic carbocycles. The van der Waals surface area contributed by atoms with Crippen molar-refractivity contribution in [3.63, 3.8) is 0 Å². The van der Waals surface area contributed by atoms with Gasteiger partial charge in [-0.05, 0) is 44.5 Å². The van der Waals surface area contributed by atoms with E-state index in [0.29, 0.717) is 29.9 Å². The minimum Gasteiger partial charge on any atom is -0.490 e. The number of thiazole rings is 1. The summed E-state index contributed by atoms with van der Waals surface area (Å²) in [4.78, 5) is 27.8. The summed E-state index contributed by atoms with van der Waals surface area (Å²) in [6.45, 7) is 4.89. The van der Waals surface area contributed by atoms with Gasteiger partial charge in [0.15, 0.2) is 16.7 Å². The first-order valence-electron chi connectivity index (χ1n) is 8.68.